The van der Waals surface area contributed by atoms with Gasteiger partial charge in [0.05, 0.1) is 5.56 Å². The van der Waals surface area contributed by atoms with Crippen LogP contribution in [0.15, 0.2) is 29.8 Å². The first kappa shape index (κ1) is 18.5. The largest absolute Gasteiger partial charge is 0.419 e. The molecule has 0 aliphatic heterocycles. The predicted octanol–water partition coefficient (Wildman–Crippen LogP) is 4.49. The van der Waals surface area contributed by atoms with Crippen LogP contribution in [0.25, 0.3) is 0 Å². The number of carbonyl (C=O) groups is 1. The molecular weight excluding hydrogens is 360 g/mol. The number of nitrogens with one attached hydrogen (secondary N) is 1. The zero-order valence-electron chi connectivity index (χ0n) is 14.7. The van der Waals surface area contributed by atoms with Crippen LogP contribution in [-0.2, 0) is 11.0 Å². The SMILES string of the molecule is N[C@@H]1[C@@H](CC(=O)Nc2ccc(F)c(C(F)(F)F)c2)[C@H]2CC[C@@H]1/C2=C\C1CC1. The van der Waals surface area contributed by atoms with Crippen LogP contribution < -0.4 is 11.1 Å². The first-order chi connectivity index (χ1) is 12.7. The monoisotopic (exact) mass is 382 g/mol. The Morgan fingerprint density at radius 2 is 1.89 bits per heavy atom. The summed E-state index contributed by atoms with van der Waals surface area (Å²) in [5, 5.41) is 2.48. The highest BCUT2D eigenvalue weighted by Gasteiger charge is 2.50. The van der Waals surface area contributed by atoms with Crippen molar-refractivity contribution in [2.75, 3.05) is 5.32 Å². The van der Waals surface area contributed by atoms with Gasteiger partial charge >= 0.3 is 6.18 Å². The highest BCUT2D eigenvalue weighted by molar-refractivity contribution is 5.91. The van der Waals surface area contributed by atoms with Gasteiger partial charge < -0.3 is 11.1 Å². The molecule has 27 heavy (non-hydrogen) atoms. The van der Waals surface area contributed by atoms with Gasteiger partial charge in [-0.05, 0) is 67.6 Å². The van der Waals surface area contributed by atoms with Gasteiger partial charge in [0.25, 0.3) is 0 Å². The lowest BCUT2D eigenvalue weighted by Gasteiger charge is -2.26. The van der Waals surface area contributed by atoms with Crippen LogP contribution in [0.2, 0.25) is 0 Å². The van der Waals surface area contributed by atoms with Gasteiger partial charge in [-0.25, -0.2) is 4.39 Å². The summed E-state index contributed by atoms with van der Waals surface area (Å²) in [7, 11) is 0. The van der Waals surface area contributed by atoms with Gasteiger partial charge in [-0.2, -0.15) is 13.2 Å². The molecule has 3 nitrogen and oxygen atoms in total. The van der Waals surface area contributed by atoms with Crippen molar-refractivity contribution in [1.82, 2.24) is 0 Å². The lowest BCUT2D eigenvalue weighted by atomic mass is 9.82. The topological polar surface area (TPSA) is 55.1 Å². The van der Waals surface area contributed by atoms with Gasteiger partial charge in [0.15, 0.2) is 0 Å². The van der Waals surface area contributed by atoms with E-state index in [0.717, 1.165) is 25.0 Å². The molecule has 0 spiro atoms. The number of amides is 1. The molecule has 4 atom stereocenters. The average molecular weight is 382 g/mol. The van der Waals surface area contributed by atoms with Crippen LogP contribution in [0.5, 0.6) is 0 Å². The summed E-state index contributed by atoms with van der Waals surface area (Å²) >= 11 is 0. The van der Waals surface area contributed by atoms with E-state index in [1.54, 1.807) is 0 Å². The molecule has 146 valence electrons. The third-order valence-corrected chi connectivity index (χ3v) is 6.15. The van der Waals surface area contributed by atoms with E-state index in [-0.39, 0.29) is 30.0 Å². The molecule has 1 amide bonds. The highest BCUT2D eigenvalue weighted by atomic mass is 19.4. The van der Waals surface area contributed by atoms with Gasteiger partial charge in [-0.3, -0.25) is 4.79 Å². The third kappa shape index (κ3) is 3.61. The lowest BCUT2D eigenvalue weighted by molar-refractivity contribution is -0.140. The third-order valence-electron chi connectivity index (χ3n) is 6.15. The molecule has 0 aromatic heterocycles. The minimum Gasteiger partial charge on any atom is -0.327 e. The quantitative estimate of drug-likeness (QED) is 0.595. The van der Waals surface area contributed by atoms with E-state index in [1.807, 2.05) is 0 Å². The number of nitrogens with two attached hydrogens (primary N) is 1. The molecule has 1 aromatic carbocycles. The van der Waals surface area contributed by atoms with E-state index in [4.69, 9.17) is 5.73 Å². The number of hydrogen-bond donors (Lipinski definition) is 2. The molecule has 0 heterocycles. The molecule has 3 fully saturated rings. The van der Waals surface area contributed by atoms with Crippen molar-refractivity contribution >= 4 is 11.6 Å². The number of fused-ring (bicyclic) bond motifs is 2. The van der Waals surface area contributed by atoms with Crippen LogP contribution in [0.3, 0.4) is 0 Å². The van der Waals surface area contributed by atoms with Crippen molar-refractivity contribution in [3.05, 3.63) is 41.2 Å². The second-order valence-corrected chi connectivity index (χ2v) is 7.98. The molecule has 3 aliphatic carbocycles. The lowest BCUT2D eigenvalue weighted by Crippen LogP contribution is -2.37. The zero-order chi connectivity index (χ0) is 19.3. The molecule has 0 radical (unpaired) electrons. The minimum absolute atomic E-state index is 0.0104. The Morgan fingerprint density at radius 3 is 2.56 bits per heavy atom. The summed E-state index contributed by atoms with van der Waals surface area (Å²) in [5.41, 5.74) is 6.33. The molecule has 0 unspecified atom stereocenters. The number of allylic oxidation sites excluding steroid dienone is 1. The summed E-state index contributed by atoms with van der Waals surface area (Å²) in [6.45, 7) is 0. The molecule has 3 N–H and O–H groups in total. The fraction of sp³-hybridized carbons (Fsp3) is 0.550. The first-order valence-corrected chi connectivity index (χ1v) is 9.38. The predicted molar refractivity (Wildman–Crippen MR) is 93.1 cm³/mol. The molecule has 1 aromatic rings. The molecule has 3 saturated carbocycles. The van der Waals surface area contributed by atoms with Crippen LogP contribution >= 0.6 is 0 Å². The molecule has 7 heteroatoms. The Balaban J connectivity index is 1.44. The van der Waals surface area contributed by atoms with Crippen molar-refractivity contribution in [2.24, 2.45) is 29.4 Å². The van der Waals surface area contributed by atoms with Gasteiger partial charge in [0.2, 0.25) is 5.91 Å². The Labute approximate surface area is 155 Å². The summed E-state index contributed by atoms with van der Waals surface area (Å²) < 4.78 is 51.9. The number of hydrogen-bond acceptors (Lipinski definition) is 2. The summed E-state index contributed by atoms with van der Waals surface area (Å²) in [4.78, 5) is 12.4. The second kappa shape index (κ2) is 6.62. The second-order valence-electron chi connectivity index (χ2n) is 7.98. The van der Waals surface area contributed by atoms with Crippen LogP contribution in [0.1, 0.15) is 37.7 Å². The Hall–Kier alpha value is -1.89. The van der Waals surface area contributed by atoms with Crippen LogP contribution in [0, 0.1) is 29.5 Å². The molecule has 3 aliphatic rings. The zero-order valence-corrected chi connectivity index (χ0v) is 14.7. The average Bonchev–Trinajstić information content (AvgIpc) is 3.26. The highest BCUT2D eigenvalue weighted by Crippen LogP contribution is 2.54. The maximum Gasteiger partial charge on any atom is 0.419 e. The Kier molecular flexibility index (Phi) is 4.53. The van der Waals surface area contributed by atoms with Crippen molar-refractivity contribution in [3.8, 4) is 0 Å². The van der Waals surface area contributed by atoms with Crippen LogP contribution in [0.4, 0.5) is 23.2 Å². The van der Waals surface area contributed by atoms with Gasteiger partial charge in [0.1, 0.15) is 5.82 Å². The number of rotatable bonds is 4. The smallest absolute Gasteiger partial charge is 0.327 e. The van der Waals surface area contributed by atoms with E-state index >= 15 is 0 Å². The van der Waals surface area contributed by atoms with Crippen molar-refractivity contribution < 1.29 is 22.4 Å². The van der Waals surface area contributed by atoms with Gasteiger partial charge in [-0.1, -0.05) is 11.6 Å². The molecule has 2 bridgehead atoms. The maximum atomic E-state index is 13.4. The Bertz CT molecular complexity index is 785. The standard InChI is InChI=1S/C20H22F4N2O/c21-17-6-3-11(8-16(17)20(22,23)24)26-18(27)9-15-12-4-5-13(19(15)25)14(12)7-10-1-2-10/h3,6-8,10,12-13,15,19H,1-2,4-5,9,25H2,(H,26,27)/b14-7-/t12-,13+,15-,19-/m0/s1. The summed E-state index contributed by atoms with van der Waals surface area (Å²) in [6.07, 6.45) is 2.21. The minimum atomic E-state index is -4.81. The summed E-state index contributed by atoms with van der Waals surface area (Å²) in [6, 6.07) is 2.41. The van der Waals surface area contributed by atoms with Crippen molar-refractivity contribution in [3.63, 3.8) is 0 Å². The normalized spacial score (nSPS) is 31.5. The van der Waals surface area contributed by atoms with E-state index in [0.29, 0.717) is 23.8 Å². The fourth-order valence-electron chi connectivity index (χ4n) is 4.72. The molecule has 0 saturated heterocycles. The van der Waals surface area contributed by atoms with E-state index in [2.05, 4.69) is 11.4 Å². The van der Waals surface area contributed by atoms with Crippen LogP contribution in [-0.4, -0.2) is 11.9 Å². The number of benzene rings is 1. The molecule has 4 rings (SSSR count). The number of carbonyl (C=O) groups excluding carboxylic acids is 1. The van der Waals surface area contributed by atoms with E-state index in [1.165, 1.54) is 18.4 Å². The van der Waals surface area contributed by atoms with E-state index < -0.39 is 17.6 Å². The molecular formula is C20H22F4N2O. The van der Waals surface area contributed by atoms with Crippen molar-refractivity contribution in [1.29, 1.82) is 0 Å². The number of alkyl halides is 3. The first-order valence-electron chi connectivity index (χ1n) is 9.38. The van der Waals surface area contributed by atoms with Crippen molar-refractivity contribution in [2.45, 2.75) is 44.3 Å². The number of anilines is 1. The van der Waals surface area contributed by atoms with Gasteiger partial charge in [-0.15, -0.1) is 0 Å². The van der Waals surface area contributed by atoms with Gasteiger partial charge in [0, 0.05) is 18.2 Å². The fourth-order valence-corrected chi connectivity index (χ4v) is 4.72. The Morgan fingerprint density at radius 1 is 1.19 bits per heavy atom. The van der Waals surface area contributed by atoms with E-state index in [9.17, 15) is 22.4 Å². The summed E-state index contributed by atoms with van der Waals surface area (Å²) in [5.74, 6) is -0.440. The number of halogens is 4. The maximum absolute atomic E-state index is 13.4.